The first kappa shape index (κ1) is 14.0. The van der Waals surface area contributed by atoms with Crippen molar-refractivity contribution in [2.75, 3.05) is 7.11 Å². The van der Waals surface area contributed by atoms with E-state index in [4.69, 9.17) is 4.74 Å². The summed E-state index contributed by atoms with van der Waals surface area (Å²) in [7, 11) is 1.42. The van der Waals surface area contributed by atoms with Crippen molar-refractivity contribution in [1.82, 2.24) is 0 Å². The molecular formula is C10H9NaO4. The molecule has 0 unspecified atom stereocenters. The molecule has 74 valence electrons. The Morgan fingerprint density at radius 3 is 2.73 bits per heavy atom. The first-order valence-corrected chi connectivity index (χ1v) is 3.89. The molecule has 0 aliphatic heterocycles. The number of rotatable bonds is 3. The van der Waals surface area contributed by atoms with Gasteiger partial charge >= 0.3 is 29.6 Å². The van der Waals surface area contributed by atoms with Gasteiger partial charge in [0.1, 0.15) is 0 Å². The van der Waals surface area contributed by atoms with Crippen LogP contribution >= 0.6 is 0 Å². The number of carbonyl (C=O) groups is 1. The first-order valence-electron chi connectivity index (χ1n) is 3.89. The Morgan fingerprint density at radius 2 is 2.20 bits per heavy atom. The SMILES string of the molecule is COc1cc(/C=C/C(=O)[O-])ccc1O.[Na+]. The van der Waals surface area contributed by atoms with Gasteiger partial charge in [0, 0.05) is 0 Å². The van der Waals surface area contributed by atoms with Gasteiger partial charge in [-0.15, -0.1) is 0 Å². The van der Waals surface area contributed by atoms with Gasteiger partial charge in [-0.25, -0.2) is 0 Å². The van der Waals surface area contributed by atoms with Gasteiger partial charge in [0.25, 0.3) is 0 Å². The smallest absolute Gasteiger partial charge is 0.545 e. The number of benzene rings is 1. The molecule has 0 amide bonds. The average Bonchev–Trinajstić information content (AvgIpc) is 2.16. The number of carboxylic acids is 1. The van der Waals surface area contributed by atoms with Crippen LogP contribution in [0, 0.1) is 0 Å². The summed E-state index contributed by atoms with van der Waals surface area (Å²) in [6.07, 6.45) is 2.27. The molecule has 15 heavy (non-hydrogen) atoms. The topological polar surface area (TPSA) is 69.6 Å². The van der Waals surface area contributed by atoms with Crippen LogP contribution in [-0.4, -0.2) is 18.2 Å². The minimum absolute atomic E-state index is 0. The Balaban J connectivity index is 0.00000196. The van der Waals surface area contributed by atoms with Crippen LogP contribution in [0.5, 0.6) is 11.5 Å². The zero-order valence-electron chi connectivity index (χ0n) is 8.56. The largest absolute Gasteiger partial charge is 1.00 e. The number of carboxylic acid groups (broad SMARTS) is 1. The summed E-state index contributed by atoms with van der Waals surface area (Å²) in [6.45, 7) is 0. The molecule has 1 aromatic rings. The van der Waals surface area contributed by atoms with Gasteiger partial charge in [-0.3, -0.25) is 0 Å². The summed E-state index contributed by atoms with van der Waals surface area (Å²) in [6, 6.07) is 4.51. The molecule has 0 saturated heterocycles. The molecule has 5 heteroatoms. The normalized spacial score (nSPS) is 9.67. The molecule has 0 saturated carbocycles. The summed E-state index contributed by atoms with van der Waals surface area (Å²) < 4.78 is 4.85. The summed E-state index contributed by atoms with van der Waals surface area (Å²) in [4.78, 5) is 10.1. The van der Waals surface area contributed by atoms with E-state index >= 15 is 0 Å². The molecule has 0 aromatic heterocycles. The Morgan fingerprint density at radius 1 is 1.53 bits per heavy atom. The number of hydrogen-bond donors (Lipinski definition) is 1. The predicted molar refractivity (Wildman–Crippen MR) is 48.7 cm³/mol. The molecule has 0 atom stereocenters. The summed E-state index contributed by atoms with van der Waals surface area (Å²) in [5.41, 5.74) is 0.615. The van der Waals surface area contributed by atoms with Gasteiger partial charge < -0.3 is 19.7 Å². The van der Waals surface area contributed by atoms with E-state index in [0.29, 0.717) is 11.3 Å². The maximum absolute atomic E-state index is 10.1. The summed E-state index contributed by atoms with van der Waals surface area (Å²) in [5.74, 6) is -0.958. The average molecular weight is 216 g/mol. The van der Waals surface area contributed by atoms with E-state index in [-0.39, 0.29) is 35.3 Å². The second kappa shape index (κ2) is 6.50. The third kappa shape index (κ3) is 4.38. The predicted octanol–water partition coefficient (Wildman–Crippen LogP) is -2.83. The van der Waals surface area contributed by atoms with E-state index in [0.717, 1.165) is 6.08 Å². The zero-order chi connectivity index (χ0) is 10.6. The maximum atomic E-state index is 10.1. The maximum Gasteiger partial charge on any atom is 1.00 e. The molecule has 1 N–H and O–H groups in total. The number of aliphatic carboxylic acids is 1. The molecule has 4 nitrogen and oxygen atoms in total. The van der Waals surface area contributed by atoms with E-state index < -0.39 is 5.97 Å². The molecule has 0 spiro atoms. The summed E-state index contributed by atoms with van der Waals surface area (Å²) >= 11 is 0. The zero-order valence-corrected chi connectivity index (χ0v) is 10.6. The van der Waals surface area contributed by atoms with E-state index in [1.54, 1.807) is 6.07 Å². The van der Waals surface area contributed by atoms with Crippen LogP contribution in [-0.2, 0) is 4.79 Å². The Labute approximate surface area is 109 Å². The summed E-state index contributed by atoms with van der Waals surface area (Å²) in [5, 5.41) is 19.4. The van der Waals surface area contributed by atoms with Crippen molar-refractivity contribution in [2.24, 2.45) is 0 Å². The molecule has 0 radical (unpaired) electrons. The number of hydrogen-bond acceptors (Lipinski definition) is 4. The minimum Gasteiger partial charge on any atom is -0.545 e. The van der Waals surface area contributed by atoms with Gasteiger partial charge in [-0.05, 0) is 23.8 Å². The third-order valence-corrected chi connectivity index (χ3v) is 1.62. The van der Waals surface area contributed by atoms with Crippen molar-refractivity contribution in [3.63, 3.8) is 0 Å². The fourth-order valence-electron chi connectivity index (χ4n) is 0.962. The van der Waals surface area contributed by atoms with E-state index in [2.05, 4.69) is 0 Å². The molecule has 0 aliphatic rings. The number of ether oxygens (including phenoxy) is 1. The second-order valence-corrected chi connectivity index (χ2v) is 2.58. The van der Waals surface area contributed by atoms with Crippen molar-refractivity contribution in [2.45, 2.75) is 0 Å². The van der Waals surface area contributed by atoms with Crippen LogP contribution in [0.1, 0.15) is 5.56 Å². The standard InChI is InChI=1S/C10H10O4.Na/c1-14-9-6-7(2-4-8(9)11)3-5-10(12)13;/h2-6,11H,1H3,(H,12,13);/q;+1/p-1/b5-3+;. The molecule has 1 rings (SSSR count). The molecule has 1 aromatic carbocycles. The van der Waals surface area contributed by atoms with Crippen molar-refractivity contribution in [1.29, 1.82) is 0 Å². The van der Waals surface area contributed by atoms with Crippen molar-refractivity contribution < 1.29 is 49.3 Å². The second-order valence-electron chi connectivity index (χ2n) is 2.58. The van der Waals surface area contributed by atoms with E-state index in [1.165, 1.54) is 25.3 Å². The Kier molecular flexibility index (Phi) is 6.08. The van der Waals surface area contributed by atoms with E-state index in [1.807, 2.05) is 0 Å². The molecule has 0 aliphatic carbocycles. The number of aromatic hydroxyl groups is 1. The minimum atomic E-state index is -1.27. The van der Waals surface area contributed by atoms with Crippen LogP contribution in [0.4, 0.5) is 0 Å². The van der Waals surface area contributed by atoms with Gasteiger partial charge in [-0.1, -0.05) is 12.1 Å². The Hall–Kier alpha value is -0.970. The number of carbonyl (C=O) groups excluding carboxylic acids is 1. The van der Waals surface area contributed by atoms with Gasteiger partial charge in [-0.2, -0.15) is 0 Å². The van der Waals surface area contributed by atoms with Crippen LogP contribution in [0.15, 0.2) is 24.3 Å². The fraction of sp³-hybridized carbons (Fsp3) is 0.100. The van der Waals surface area contributed by atoms with Crippen molar-refractivity contribution in [3.8, 4) is 11.5 Å². The van der Waals surface area contributed by atoms with Gasteiger partial charge in [0.05, 0.1) is 13.1 Å². The van der Waals surface area contributed by atoms with Gasteiger partial charge in [0.15, 0.2) is 11.5 Å². The van der Waals surface area contributed by atoms with Crippen LogP contribution in [0.25, 0.3) is 6.08 Å². The van der Waals surface area contributed by atoms with Crippen LogP contribution in [0.3, 0.4) is 0 Å². The molecule has 0 heterocycles. The number of methoxy groups -OCH3 is 1. The van der Waals surface area contributed by atoms with Crippen LogP contribution in [0.2, 0.25) is 0 Å². The molecule has 0 bridgehead atoms. The molecular weight excluding hydrogens is 207 g/mol. The third-order valence-electron chi connectivity index (χ3n) is 1.62. The number of phenols is 1. The van der Waals surface area contributed by atoms with Crippen molar-refractivity contribution >= 4 is 12.0 Å². The number of phenolic OH excluding ortho intramolecular Hbond substituents is 1. The quantitative estimate of drug-likeness (QED) is 0.436. The van der Waals surface area contributed by atoms with Crippen LogP contribution < -0.4 is 39.4 Å². The fourth-order valence-corrected chi connectivity index (χ4v) is 0.962. The van der Waals surface area contributed by atoms with E-state index in [9.17, 15) is 15.0 Å². The monoisotopic (exact) mass is 216 g/mol. The van der Waals surface area contributed by atoms with Gasteiger partial charge in [0.2, 0.25) is 0 Å². The van der Waals surface area contributed by atoms with Crippen molar-refractivity contribution in [3.05, 3.63) is 29.8 Å². The molecule has 0 fully saturated rings. The first-order chi connectivity index (χ1) is 6.63. The Bertz CT molecular complexity index is 374.